The van der Waals surface area contributed by atoms with Crippen molar-refractivity contribution in [3.63, 3.8) is 0 Å². The number of nitrogens with zero attached hydrogens (tertiary/aromatic N) is 1. The summed E-state index contributed by atoms with van der Waals surface area (Å²) >= 11 is 0. The van der Waals surface area contributed by atoms with E-state index in [0.29, 0.717) is 36.6 Å². The molecule has 0 aliphatic carbocycles. The lowest BCUT2D eigenvalue weighted by Gasteiger charge is -2.18. The molecule has 1 N–H and O–H groups in total. The van der Waals surface area contributed by atoms with Crippen molar-refractivity contribution < 1.29 is 22.3 Å². The van der Waals surface area contributed by atoms with E-state index in [9.17, 15) is 17.6 Å². The molecule has 0 saturated carbocycles. The fraction of sp³-hybridized carbons (Fsp3) is 0.316. The highest BCUT2D eigenvalue weighted by atomic mass is 32.2. The SMILES string of the molecule is CCOc1ccc(S(=O)(=O)N[C@@H]2CCN(c3ccc(F)c(C)c3)C2=O)cc1. The second kappa shape index (κ2) is 7.66. The van der Waals surface area contributed by atoms with Gasteiger partial charge in [-0.1, -0.05) is 0 Å². The molecule has 0 radical (unpaired) electrons. The maximum absolute atomic E-state index is 13.4. The molecule has 1 atom stereocenters. The zero-order valence-electron chi connectivity index (χ0n) is 15.1. The molecule has 0 aromatic heterocycles. The minimum absolute atomic E-state index is 0.0647. The summed E-state index contributed by atoms with van der Waals surface area (Å²) in [4.78, 5) is 14.2. The lowest BCUT2D eigenvalue weighted by molar-refractivity contribution is -0.118. The van der Waals surface area contributed by atoms with Crippen molar-refractivity contribution >= 4 is 21.6 Å². The molecule has 6 nitrogen and oxygen atoms in total. The largest absolute Gasteiger partial charge is 0.494 e. The van der Waals surface area contributed by atoms with Crippen molar-refractivity contribution in [1.82, 2.24) is 4.72 Å². The first kappa shape index (κ1) is 19.3. The van der Waals surface area contributed by atoms with Crippen molar-refractivity contribution in [3.05, 3.63) is 53.8 Å². The van der Waals surface area contributed by atoms with Crippen LogP contribution in [0.2, 0.25) is 0 Å². The third-order valence-corrected chi connectivity index (χ3v) is 5.89. The van der Waals surface area contributed by atoms with Crippen LogP contribution in [0.25, 0.3) is 0 Å². The normalized spacial score (nSPS) is 17.4. The summed E-state index contributed by atoms with van der Waals surface area (Å²) in [5.41, 5.74) is 0.986. The number of anilines is 1. The van der Waals surface area contributed by atoms with Gasteiger partial charge >= 0.3 is 0 Å². The van der Waals surface area contributed by atoms with Gasteiger partial charge in [0.25, 0.3) is 0 Å². The number of aryl methyl sites for hydroxylation is 1. The van der Waals surface area contributed by atoms with E-state index in [0.717, 1.165) is 0 Å². The minimum atomic E-state index is -3.84. The van der Waals surface area contributed by atoms with Gasteiger partial charge in [0.15, 0.2) is 0 Å². The number of sulfonamides is 1. The van der Waals surface area contributed by atoms with Gasteiger partial charge < -0.3 is 9.64 Å². The summed E-state index contributed by atoms with van der Waals surface area (Å²) in [5, 5.41) is 0. The summed E-state index contributed by atoms with van der Waals surface area (Å²) in [6, 6.07) is 9.56. The Kier molecular flexibility index (Phi) is 5.48. The van der Waals surface area contributed by atoms with Gasteiger partial charge in [0.2, 0.25) is 15.9 Å². The number of carbonyl (C=O) groups is 1. The first-order valence-corrected chi connectivity index (χ1v) is 10.1. The third kappa shape index (κ3) is 4.12. The van der Waals surface area contributed by atoms with Gasteiger partial charge in [0, 0.05) is 12.2 Å². The predicted octanol–water partition coefficient (Wildman–Crippen LogP) is 2.62. The number of benzene rings is 2. The van der Waals surface area contributed by atoms with E-state index in [4.69, 9.17) is 4.74 Å². The number of ether oxygens (including phenoxy) is 1. The zero-order valence-corrected chi connectivity index (χ0v) is 15.9. The Balaban J connectivity index is 1.73. The number of hydrogen-bond acceptors (Lipinski definition) is 4. The molecule has 27 heavy (non-hydrogen) atoms. The van der Waals surface area contributed by atoms with Gasteiger partial charge in [0.05, 0.1) is 11.5 Å². The molecule has 3 rings (SSSR count). The van der Waals surface area contributed by atoms with Crippen LogP contribution in [0, 0.1) is 12.7 Å². The average Bonchev–Trinajstić information content (AvgIpc) is 2.98. The first-order chi connectivity index (χ1) is 12.8. The molecule has 1 aliphatic rings. The lowest BCUT2D eigenvalue weighted by atomic mass is 10.2. The number of rotatable bonds is 6. The molecule has 1 amide bonds. The van der Waals surface area contributed by atoms with Gasteiger partial charge in [-0.2, -0.15) is 4.72 Å². The minimum Gasteiger partial charge on any atom is -0.494 e. The van der Waals surface area contributed by atoms with Gasteiger partial charge in [-0.15, -0.1) is 0 Å². The van der Waals surface area contributed by atoms with Gasteiger partial charge in [-0.3, -0.25) is 4.79 Å². The number of halogens is 1. The molecule has 0 bridgehead atoms. The van der Waals surface area contributed by atoms with Crippen molar-refractivity contribution in [2.24, 2.45) is 0 Å². The van der Waals surface area contributed by atoms with E-state index in [1.807, 2.05) is 6.92 Å². The van der Waals surface area contributed by atoms with Gasteiger partial charge in [-0.05, 0) is 68.3 Å². The highest BCUT2D eigenvalue weighted by Gasteiger charge is 2.35. The summed E-state index contributed by atoms with van der Waals surface area (Å²) in [5.74, 6) is -0.125. The Morgan fingerprint density at radius 2 is 1.93 bits per heavy atom. The highest BCUT2D eigenvalue weighted by Crippen LogP contribution is 2.25. The van der Waals surface area contributed by atoms with E-state index >= 15 is 0 Å². The summed E-state index contributed by atoms with van der Waals surface area (Å²) < 4.78 is 46.4. The summed E-state index contributed by atoms with van der Waals surface area (Å²) in [7, 11) is -3.84. The summed E-state index contributed by atoms with van der Waals surface area (Å²) in [6.45, 7) is 4.30. The second-order valence-corrected chi connectivity index (χ2v) is 8.00. The van der Waals surface area contributed by atoms with Crippen LogP contribution in [0.3, 0.4) is 0 Å². The molecule has 1 saturated heterocycles. The molecule has 144 valence electrons. The Morgan fingerprint density at radius 3 is 2.56 bits per heavy atom. The number of nitrogens with one attached hydrogen (secondary N) is 1. The molecule has 2 aromatic carbocycles. The highest BCUT2D eigenvalue weighted by molar-refractivity contribution is 7.89. The smallest absolute Gasteiger partial charge is 0.245 e. The van der Waals surface area contributed by atoms with Crippen LogP contribution in [0.5, 0.6) is 5.75 Å². The third-order valence-electron chi connectivity index (χ3n) is 4.40. The summed E-state index contributed by atoms with van der Waals surface area (Å²) in [6.07, 6.45) is 0.339. The quantitative estimate of drug-likeness (QED) is 0.820. The zero-order chi connectivity index (χ0) is 19.6. The standard InChI is InChI=1S/C19H21FN2O4S/c1-3-26-15-5-7-16(8-6-15)27(24,25)21-18-10-11-22(19(18)23)14-4-9-17(20)13(2)12-14/h4-9,12,18,21H,3,10-11H2,1-2H3/t18-/m1/s1. The van der Waals surface area contributed by atoms with E-state index in [1.165, 1.54) is 29.2 Å². The van der Waals surface area contributed by atoms with Crippen LogP contribution in [0.15, 0.2) is 47.4 Å². The molecule has 1 fully saturated rings. The van der Waals surface area contributed by atoms with Crippen LogP contribution < -0.4 is 14.4 Å². The average molecular weight is 392 g/mol. The second-order valence-electron chi connectivity index (χ2n) is 6.29. The fourth-order valence-electron chi connectivity index (χ4n) is 2.98. The first-order valence-electron chi connectivity index (χ1n) is 8.64. The van der Waals surface area contributed by atoms with Crippen LogP contribution in [-0.4, -0.2) is 33.5 Å². The molecular formula is C19H21FN2O4S. The van der Waals surface area contributed by atoms with Gasteiger partial charge in [-0.25, -0.2) is 12.8 Å². The van der Waals surface area contributed by atoms with E-state index in [2.05, 4.69) is 4.72 Å². The van der Waals surface area contributed by atoms with Crippen molar-refractivity contribution in [3.8, 4) is 5.75 Å². The topological polar surface area (TPSA) is 75.7 Å². The van der Waals surface area contributed by atoms with Crippen LogP contribution >= 0.6 is 0 Å². The Morgan fingerprint density at radius 1 is 1.22 bits per heavy atom. The van der Waals surface area contributed by atoms with Crippen LogP contribution in [0.4, 0.5) is 10.1 Å². The van der Waals surface area contributed by atoms with E-state index in [1.54, 1.807) is 25.1 Å². The molecule has 1 heterocycles. The predicted molar refractivity (Wildman–Crippen MR) is 99.8 cm³/mol. The monoisotopic (exact) mass is 392 g/mol. The molecule has 2 aromatic rings. The maximum atomic E-state index is 13.4. The van der Waals surface area contributed by atoms with Crippen LogP contribution in [0.1, 0.15) is 18.9 Å². The maximum Gasteiger partial charge on any atom is 0.245 e. The van der Waals surface area contributed by atoms with Crippen molar-refractivity contribution in [2.45, 2.75) is 31.2 Å². The van der Waals surface area contributed by atoms with E-state index < -0.39 is 16.1 Å². The molecule has 1 aliphatic heterocycles. The molecular weight excluding hydrogens is 371 g/mol. The van der Waals surface area contributed by atoms with Gasteiger partial charge in [0.1, 0.15) is 17.6 Å². The Bertz CT molecular complexity index is 945. The van der Waals surface area contributed by atoms with E-state index in [-0.39, 0.29) is 16.6 Å². The van der Waals surface area contributed by atoms with Crippen LogP contribution in [-0.2, 0) is 14.8 Å². The number of amides is 1. The number of hydrogen-bond donors (Lipinski definition) is 1. The Labute approximate surface area is 158 Å². The van der Waals surface area contributed by atoms with Crippen molar-refractivity contribution in [2.75, 3.05) is 18.1 Å². The lowest BCUT2D eigenvalue weighted by Crippen LogP contribution is -2.41. The molecule has 8 heteroatoms. The van der Waals surface area contributed by atoms with Crippen molar-refractivity contribution in [1.29, 1.82) is 0 Å². The molecule has 0 unspecified atom stereocenters. The fourth-order valence-corrected chi connectivity index (χ4v) is 4.20. The Hall–Kier alpha value is -2.45. The molecule has 0 spiro atoms. The number of carbonyl (C=O) groups excluding carboxylic acids is 1.